The highest BCUT2D eigenvalue weighted by Gasteiger charge is 2.04. The molecule has 0 saturated heterocycles. The van der Waals surface area contributed by atoms with Crippen LogP contribution in [0.4, 0.5) is 0 Å². The van der Waals surface area contributed by atoms with Crippen molar-refractivity contribution in [2.24, 2.45) is 7.05 Å². The van der Waals surface area contributed by atoms with E-state index in [4.69, 9.17) is 0 Å². The largest absolute Gasteiger partial charge is 0.205 e. The molecule has 0 aliphatic heterocycles. The molecular weight excluding hydrogens is 170 g/mol. The van der Waals surface area contributed by atoms with Gasteiger partial charge in [0, 0.05) is 18.4 Å². The molecule has 2 aromatic rings. The molecule has 0 N–H and O–H groups in total. The van der Waals surface area contributed by atoms with Gasteiger partial charge in [-0.1, -0.05) is 32.0 Å². The smallest absolute Gasteiger partial charge is 0.185 e. The zero-order valence-corrected chi connectivity index (χ0v) is 9.41. The highest BCUT2D eigenvalue weighted by Crippen LogP contribution is 2.13. The molecule has 14 heavy (non-hydrogen) atoms. The molecular formula is C13H18N+. The van der Waals surface area contributed by atoms with E-state index in [1.165, 1.54) is 16.5 Å². The van der Waals surface area contributed by atoms with Crippen LogP contribution >= 0.6 is 0 Å². The van der Waals surface area contributed by atoms with Crippen molar-refractivity contribution in [1.82, 2.24) is 0 Å². The van der Waals surface area contributed by atoms with Crippen molar-refractivity contribution in [1.29, 1.82) is 0 Å². The second-order valence-electron chi connectivity index (χ2n) is 3.10. The van der Waals surface area contributed by atoms with Crippen LogP contribution in [0.5, 0.6) is 0 Å². The molecule has 0 bridgehead atoms. The molecule has 0 amide bonds. The third-order valence-corrected chi connectivity index (χ3v) is 2.36. The van der Waals surface area contributed by atoms with Crippen molar-refractivity contribution in [3.05, 3.63) is 42.2 Å². The van der Waals surface area contributed by atoms with Gasteiger partial charge in [0.05, 0.1) is 0 Å². The molecule has 1 aromatic heterocycles. The van der Waals surface area contributed by atoms with Crippen molar-refractivity contribution >= 4 is 10.8 Å². The molecule has 0 aliphatic carbocycles. The Morgan fingerprint density at radius 3 is 2.36 bits per heavy atom. The highest BCUT2D eigenvalue weighted by atomic mass is 14.9. The van der Waals surface area contributed by atoms with Gasteiger partial charge >= 0.3 is 0 Å². The van der Waals surface area contributed by atoms with Crippen molar-refractivity contribution in [3.8, 4) is 0 Å². The van der Waals surface area contributed by atoms with Gasteiger partial charge in [-0.15, -0.1) is 0 Å². The minimum Gasteiger partial charge on any atom is -0.205 e. The summed E-state index contributed by atoms with van der Waals surface area (Å²) in [5, 5.41) is 2.65. The van der Waals surface area contributed by atoms with Gasteiger partial charge in [0.15, 0.2) is 11.9 Å². The molecule has 1 heteroatoms. The molecule has 0 spiro atoms. The van der Waals surface area contributed by atoms with Crippen LogP contribution in [0.15, 0.2) is 36.5 Å². The van der Waals surface area contributed by atoms with Crippen LogP contribution in [0.25, 0.3) is 10.8 Å². The molecule has 0 fully saturated rings. The lowest BCUT2D eigenvalue weighted by Gasteiger charge is -1.98. The van der Waals surface area contributed by atoms with Gasteiger partial charge < -0.3 is 0 Å². The van der Waals surface area contributed by atoms with E-state index in [1.807, 2.05) is 13.8 Å². The number of aromatic nitrogens is 1. The minimum atomic E-state index is 1.31. The van der Waals surface area contributed by atoms with Gasteiger partial charge in [-0.05, 0) is 11.5 Å². The van der Waals surface area contributed by atoms with Gasteiger partial charge in [0.2, 0.25) is 0 Å². The molecule has 0 saturated carbocycles. The summed E-state index contributed by atoms with van der Waals surface area (Å²) < 4.78 is 2.14. The van der Waals surface area contributed by atoms with E-state index in [0.717, 1.165) is 0 Å². The maximum atomic E-state index is 2.16. The normalized spacial score (nSPS) is 9.43. The average Bonchev–Trinajstić information content (AvgIpc) is 2.27. The van der Waals surface area contributed by atoms with Crippen molar-refractivity contribution < 1.29 is 4.57 Å². The summed E-state index contributed by atoms with van der Waals surface area (Å²) in [6, 6.07) is 10.6. The number of hydrogen-bond acceptors (Lipinski definition) is 0. The van der Waals surface area contributed by atoms with E-state index < -0.39 is 0 Å². The zero-order chi connectivity index (χ0) is 10.6. The summed E-state index contributed by atoms with van der Waals surface area (Å²) >= 11 is 0. The van der Waals surface area contributed by atoms with Crippen molar-refractivity contribution in [3.63, 3.8) is 0 Å². The van der Waals surface area contributed by atoms with Gasteiger partial charge in [-0.25, -0.2) is 4.57 Å². The predicted molar refractivity (Wildman–Crippen MR) is 61.2 cm³/mol. The number of hydrogen-bond donors (Lipinski definition) is 0. The molecule has 0 atom stereocenters. The molecule has 1 aromatic carbocycles. The Labute approximate surface area is 86.0 Å². The van der Waals surface area contributed by atoms with Gasteiger partial charge in [-0.3, -0.25) is 0 Å². The van der Waals surface area contributed by atoms with Crippen LogP contribution < -0.4 is 4.57 Å². The Morgan fingerprint density at radius 2 is 1.64 bits per heavy atom. The van der Waals surface area contributed by atoms with Crippen molar-refractivity contribution in [2.45, 2.75) is 20.8 Å². The number of aryl methyl sites for hydroxylation is 2. The second kappa shape index (κ2) is 4.75. The number of rotatable bonds is 0. The Kier molecular flexibility index (Phi) is 3.63. The fourth-order valence-electron chi connectivity index (χ4n) is 1.47. The van der Waals surface area contributed by atoms with Crippen molar-refractivity contribution in [2.75, 3.05) is 0 Å². The standard InChI is InChI=1S/C11H12N.C2H6/c1-9-11-6-4-3-5-10(11)7-8-12(9)2;1-2/h3-8H,1-2H3;1-2H3/q+1;. The van der Waals surface area contributed by atoms with Crippen LogP contribution in [-0.2, 0) is 7.05 Å². The summed E-state index contributed by atoms with van der Waals surface area (Å²) in [4.78, 5) is 0. The van der Waals surface area contributed by atoms with E-state index in [2.05, 4.69) is 55.1 Å². The molecule has 0 aliphatic rings. The van der Waals surface area contributed by atoms with E-state index in [9.17, 15) is 0 Å². The van der Waals surface area contributed by atoms with Crippen LogP contribution in [0, 0.1) is 6.92 Å². The molecule has 74 valence electrons. The first-order valence-electron chi connectivity index (χ1n) is 5.13. The third kappa shape index (κ3) is 1.92. The quantitative estimate of drug-likeness (QED) is 0.560. The Balaban J connectivity index is 0.000000461. The minimum absolute atomic E-state index is 1.31. The lowest BCUT2D eigenvalue weighted by Crippen LogP contribution is -2.30. The van der Waals surface area contributed by atoms with Gasteiger partial charge in [0.1, 0.15) is 7.05 Å². The summed E-state index contributed by atoms with van der Waals surface area (Å²) in [6.07, 6.45) is 2.09. The Morgan fingerprint density at radius 1 is 1.00 bits per heavy atom. The van der Waals surface area contributed by atoms with Crippen LogP contribution in [0.2, 0.25) is 0 Å². The predicted octanol–water partition coefficient (Wildman–Crippen LogP) is 3.00. The zero-order valence-electron chi connectivity index (χ0n) is 9.41. The SMILES string of the molecule is CC.Cc1c2ccccc2cc[n+]1C. The van der Waals surface area contributed by atoms with Gasteiger partial charge in [-0.2, -0.15) is 0 Å². The number of nitrogens with zero attached hydrogens (tertiary/aromatic N) is 1. The molecule has 1 nitrogen and oxygen atoms in total. The van der Waals surface area contributed by atoms with E-state index in [-0.39, 0.29) is 0 Å². The molecule has 1 heterocycles. The van der Waals surface area contributed by atoms with Gasteiger partial charge in [0.25, 0.3) is 0 Å². The Hall–Kier alpha value is -1.37. The lowest BCUT2D eigenvalue weighted by molar-refractivity contribution is -0.676. The van der Waals surface area contributed by atoms with E-state index in [1.54, 1.807) is 0 Å². The maximum absolute atomic E-state index is 2.16. The molecule has 2 rings (SSSR count). The Bertz CT molecular complexity index is 419. The summed E-state index contributed by atoms with van der Waals surface area (Å²) in [6.45, 7) is 6.14. The highest BCUT2D eigenvalue weighted by molar-refractivity contribution is 5.82. The topological polar surface area (TPSA) is 3.88 Å². The molecule has 0 radical (unpaired) electrons. The lowest BCUT2D eigenvalue weighted by atomic mass is 10.1. The molecule has 0 unspecified atom stereocenters. The number of fused-ring (bicyclic) bond motifs is 1. The summed E-state index contributed by atoms with van der Waals surface area (Å²) in [7, 11) is 2.07. The summed E-state index contributed by atoms with van der Waals surface area (Å²) in [5.74, 6) is 0. The van der Waals surface area contributed by atoms with Crippen LogP contribution in [0.3, 0.4) is 0 Å². The first-order valence-corrected chi connectivity index (χ1v) is 5.13. The van der Waals surface area contributed by atoms with Crippen LogP contribution in [-0.4, -0.2) is 0 Å². The first kappa shape index (κ1) is 10.7. The summed E-state index contributed by atoms with van der Waals surface area (Å²) in [5.41, 5.74) is 1.31. The fourth-order valence-corrected chi connectivity index (χ4v) is 1.47. The average molecular weight is 188 g/mol. The fraction of sp³-hybridized carbons (Fsp3) is 0.308. The second-order valence-corrected chi connectivity index (χ2v) is 3.10. The van der Waals surface area contributed by atoms with E-state index in [0.29, 0.717) is 0 Å². The number of benzene rings is 1. The monoisotopic (exact) mass is 188 g/mol. The third-order valence-electron chi connectivity index (χ3n) is 2.36. The first-order chi connectivity index (χ1) is 6.79. The van der Waals surface area contributed by atoms with E-state index >= 15 is 0 Å². The maximum Gasteiger partial charge on any atom is 0.185 e. The number of pyridine rings is 1. The van der Waals surface area contributed by atoms with Crippen LogP contribution in [0.1, 0.15) is 19.5 Å².